The fraction of sp³-hybridized carbons (Fsp3) is 0.500. The molecule has 0 amide bonds. The minimum Gasteiger partial charge on any atom is -0.342 e. The molecule has 1 N–H and O–H groups in total. The molecule has 0 fully saturated rings. The number of nitrogens with one attached hydrogen (secondary N) is 1. The van der Waals surface area contributed by atoms with Gasteiger partial charge in [-0.1, -0.05) is 11.6 Å². The highest BCUT2D eigenvalue weighted by Crippen LogP contribution is 2.19. The Labute approximate surface area is 103 Å². The van der Waals surface area contributed by atoms with Crippen molar-refractivity contribution in [2.45, 2.75) is 32.2 Å². The Balaban J connectivity index is 1.72. The summed E-state index contributed by atoms with van der Waals surface area (Å²) in [5.74, 6) is 0. The van der Waals surface area contributed by atoms with Crippen molar-refractivity contribution in [3.8, 4) is 6.07 Å². The second-order valence-corrected chi connectivity index (χ2v) is 4.64. The van der Waals surface area contributed by atoms with Crippen molar-refractivity contribution in [3.05, 3.63) is 35.2 Å². The van der Waals surface area contributed by atoms with Crippen LogP contribution in [0, 0.1) is 11.3 Å². The van der Waals surface area contributed by atoms with Crippen molar-refractivity contribution in [2.24, 2.45) is 7.05 Å². The maximum absolute atomic E-state index is 8.85. The van der Waals surface area contributed by atoms with E-state index in [-0.39, 0.29) is 0 Å². The lowest BCUT2D eigenvalue weighted by Crippen LogP contribution is -2.14. The Kier molecular flexibility index (Phi) is 4.00. The largest absolute Gasteiger partial charge is 0.342 e. The van der Waals surface area contributed by atoms with Gasteiger partial charge in [-0.3, -0.25) is 0 Å². The van der Waals surface area contributed by atoms with E-state index < -0.39 is 0 Å². The Morgan fingerprint density at radius 2 is 2.41 bits per heavy atom. The first-order valence-corrected chi connectivity index (χ1v) is 6.23. The zero-order valence-electron chi connectivity index (χ0n) is 10.4. The van der Waals surface area contributed by atoms with Gasteiger partial charge in [0.15, 0.2) is 0 Å². The second-order valence-electron chi connectivity index (χ2n) is 4.64. The van der Waals surface area contributed by atoms with E-state index in [0.717, 1.165) is 25.2 Å². The van der Waals surface area contributed by atoms with Gasteiger partial charge >= 0.3 is 0 Å². The molecule has 0 saturated heterocycles. The fourth-order valence-electron chi connectivity index (χ4n) is 2.29. The van der Waals surface area contributed by atoms with Gasteiger partial charge in [-0.15, -0.1) is 0 Å². The predicted molar refractivity (Wildman–Crippen MR) is 68.4 cm³/mol. The van der Waals surface area contributed by atoms with Gasteiger partial charge in [0.05, 0.1) is 0 Å². The van der Waals surface area contributed by atoms with Gasteiger partial charge in [0.1, 0.15) is 11.8 Å². The van der Waals surface area contributed by atoms with Crippen molar-refractivity contribution in [3.63, 3.8) is 0 Å². The molecule has 17 heavy (non-hydrogen) atoms. The van der Waals surface area contributed by atoms with Crippen molar-refractivity contribution in [1.29, 1.82) is 5.26 Å². The molecule has 1 aromatic heterocycles. The molecule has 0 atom stereocenters. The van der Waals surface area contributed by atoms with E-state index in [9.17, 15) is 0 Å². The van der Waals surface area contributed by atoms with Gasteiger partial charge in [0.2, 0.25) is 0 Å². The molecule has 0 aliphatic heterocycles. The predicted octanol–water partition coefficient (Wildman–Crippen LogP) is 2.49. The molecule has 0 radical (unpaired) electrons. The normalized spacial score (nSPS) is 14.7. The zero-order chi connectivity index (χ0) is 12.1. The van der Waals surface area contributed by atoms with Crippen LogP contribution in [-0.2, 0) is 13.6 Å². The SMILES string of the molecule is Cn1cc(CNCCC2=CCCC2)cc1C#N. The summed E-state index contributed by atoms with van der Waals surface area (Å²) in [5.41, 5.74) is 3.51. The number of hydrogen-bond donors (Lipinski definition) is 1. The second kappa shape index (κ2) is 5.70. The van der Waals surface area contributed by atoms with Crippen molar-refractivity contribution < 1.29 is 0 Å². The molecule has 1 heterocycles. The van der Waals surface area contributed by atoms with Crippen molar-refractivity contribution >= 4 is 0 Å². The third-order valence-electron chi connectivity index (χ3n) is 3.26. The number of aryl methyl sites for hydroxylation is 1. The summed E-state index contributed by atoms with van der Waals surface area (Å²) in [5, 5.41) is 12.3. The third kappa shape index (κ3) is 3.21. The molecule has 0 unspecified atom stereocenters. The topological polar surface area (TPSA) is 40.8 Å². The summed E-state index contributed by atoms with van der Waals surface area (Å²) in [4.78, 5) is 0. The van der Waals surface area contributed by atoms with Crippen molar-refractivity contribution in [1.82, 2.24) is 9.88 Å². The van der Waals surface area contributed by atoms with E-state index >= 15 is 0 Å². The number of allylic oxidation sites excluding steroid dienone is 1. The van der Waals surface area contributed by atoms with E-state index in [1.54, 1.807) is 5.57 Å². The van der Waals surface area contributed by atoms with Crippen LogP contribution in [0.1, 0.15) is 36.9 Å². The minimum absolute atomic E-state index is 0.723. The highest BCUT2D eigenvalue weighted by molar-refractivity contribution is 5.28. The summed E-state index contributed by atoms with van der Waals surface area (Å²) >= 11 is 0. The van der Waals surface area contributed by atoms with Gasteiger partial charge in [0, 0.05) is 19.8 Å². The molecule has 0 aromatic carbocycles. The first kappa shape index (κ1) is 11.9. The molecule has 3 nitrogen and oxygen atoms in total. The van der Waals surface area contributed by atoms with Gasteiger partial charge in [-0.25, -0.2) is 0 Å². The van der Waals surface area contributed by atoms with E-state index in [1.165, 1.54) is 24.8 Å². The van der Waals surface area contributed by atoms with Crippen LogP contribution in [0.5, 0.6) is 0 Å². The maximum atomic E-state index is 8.85. The van der Waals surface area contributed by atoms with Crippen LogP contribution in [0.2, 0.25) is 0 Å². The van der Waals surface area contributed by atoms with Crippen LogP contribution < -0.4 is 5.32 Å². The number of nitrogens with zero attached hydrogens (tertiary/aromatic N) is 2. The van der Waals surface area contributed by atoms with E-state index in [0.29, 0.717) is 0 Å². The lowest BCUT2D eigenvalue weighted by atomic mass is 10.1. The standard InChI is InChI=1S/C14H19N3/c1-17-11-13(8-14(17)9-15)10-16-7-6-12-4-2-3-5-12/h4,8,11,16H,2-3,5-7,10H2,1H3. The third-order valence-corrected chi connectivity index (χ3v) is 3.26. The van der Waals surface area contributed by atoms with Gasteiger partial charge in [-0.2, -0.15) is 5.26 Å². The van der Waals surface area contributed by atoms with Crippen LogP contribution in [0.3, 0.4) is 0 Å². The van der Waals surface area contributed by atoms with Gasteiger partial charge in [-0.05, 0) is 43.9 Å². The van der Waals surface area contributed by atoms with Crippen LogP contribution in [0.4, 0.5) is 0 Å². The molecule has 0 bridgehead atoms. The molecule has 2 rings (SSSR count). The molecule has 90 valence electrons. The maximum Gasteiger partial charge on any atom is 0.120 e. The summed E-state index contributed by atoms with van der Waals surface area (Å²) in [6.45, 7) is 1.88. The van der Waals surface area contributed by atoms with Crippen LogP contribution in [0.15, 0.2) is 23.9 Å². The number of hydrogen-bond acceptors (Lipinski definition) is 2. The average molecular weight is 229 g/mol. The first-order chi connectivity index (χ1) is 8.29. The lowest BCUT2D eigenvalue weighted by Gasteiger charge is -2.03. The lowest BCUT2D eigenvalue weighted by molar-refractivity contribution is 0.675. The summed E-state index contributed by atoms with van der Waals surface area (Å²) < 4.78 is 1.87. The Hall–Kier alpha value is -1.53. The number of rotatable bonds is 5. The van der Waals surface area contributed by atoms with Gasteiger partial charge in [0.25, 0.3) is 0 Å². The molecule has 3 heteroatoms. The molecule has 0 spiro atoms. The highest BCUT2D eigenvalue weighted by Gasteiger charge is 2.04. The monoisotopic (exact) mass is 229 g/mol. The summed E-state index contributed by atoms with van der Waals surface area (Å²) in [6, 6.07) is 4.12. The summed E-state index contributed by atoms with van der Waals surface area (Å²) in [6.07, 6.45) is 9.43. The molecular weight excluding hydrogens is 210 g/mol. The molecule has 1 aliphatic rings. The molecule has 1 aromatic rings. The van der Waals surface area contributed by atoms with Crippen molar-refractivity contribution in [2.75, 3.05) is 6.54 Å². The van der Waals surface area contributed by atoms with Crippen LogP contribution in [0.25, 0.3) is 0 Å². The number of nitriles is 1. The average Bonchev–Trinajstić information content (AvgIpc) is 2.94. The first-order valence-electron chi connectivity index (χ1n) is 6.23. The smallest absolute Gasteiger partial charge is 0.120 e. The van der Waals surface area contributed by atoms with Crippen LogP contribution >= 0.6 is 0 Å². The van der Waals surface area contributed by atoms with E-state index in [4.69, 9.17) is 5.26 Å². The molecular formula is C14H19N3. The molecule has 0 saturated carbocycles. The highest BCUT2D eigenvalue weighted by atomic mass is 14.9. The summed E-state index contributed by atoms with van der Waals surface area (Å²) in [7, 11) is 1.91. The zero-order valence-corrected chi connectivity index (χ0v) is 10.4. The van der Waals surface area contributed by atoms with Gasteiger partial charge < -0.3 is 9.88 Å². The van der Waals surface area contributed by atoms with E-state index in [1.807, 2.05) is 23.9 Å². The Morgan fingerprint density at radius 3 is 3.06 bits per heavy atom. The van der Waals surface area contributed by atoms with Crippen LogP contribution in [-0.4, -0.2) is 11.1 Å². The Bertz CT molecular complexity index is 449. The molecule has 1 aliphatic carbocycles. The quantitative estimate of drug-likeness (QED) is 0.622. The number of aromatic nitrogens is 1. The Morgan fingerprint density at radius 1 is 1.53 bits per heavy atom. The minimum atomic E-state index is 0.723. The fourth-order valence-corrected chi connectivity index (χ4v) is 2.29. The van der Waals surface area contributed by atoms with E-state index in [2.05, 4.69) is 17.5 Å².